The number of hydrogen-bond acceptors (Lipinski definition) is 3. The average molecular weight is 256 g/mol. The summed E-state index contributed by atoms with van der Waals surface area (Å²) < 4.78 is 6.27. The molecule has 3 heteroatoms. The lowest BCUT2D eigenvalue weighted by Crippen LogP contribution is -2.49. The third-order valence-corrected chi connectivity index (χ3v) is 4.07. The molecular weight excluding hydrogens is 224 g/mol. The zero-order valence-electron chi connectivity index (χ0n) is 13.5. The Bertz CT molecular complexity index is 274. The molecule has 1 aliphatic rings. The van der Waals surface area contributed by atoms with Crippen LogP contribution >= 0.6 is 0 Å². The molecule has 0 amide bonds. The second-order valence-corrected chi connectivity index (χ2v) is 7.30. The van der Waals surface area contributed by atoms with Crippen molar-refractivity contribution in [1.29, 1.82) is 0 Å². The summed E-state index contributed by atoms with van der Waals surface area (Å²) in [6.07, 6.45) is 0. The van der Waals surface area contributed by atoms with Crippen molar-refractivity contribution < 1.29 is 4.74 Å². The normalized spacial score (nSPS) is 30.3. The van der Waals surface area contributed by atoms with Gasteiger partial charge in [0.2, 0.25) is 0 Å². The Balaban J connectivity index is 2.78. The summed E-state index contributed by atoms with van der Waals surface area (Å²) in [5.41, 5.74) is -0.163. The van der Waals surface area contributed by atoms with Crippen LogP contribution in [-0.2, 0) is 4.74 Å². The van der Waals surface area contributed by atoms with Crippen LogP contribution in [0.1, 0.15) is 41.5 Å². The molecule has 1 aliphatic heterocycles. The molecule has 1 heterocycles. The van der Waals surface area contributed by atoms with Gasteiger partial charge in [-0.2, -0.15) is 0 Å². The van der Waals surface area contributed by atoms with Crippen molar-refractivity contribution in [2.45, 2.75) is 58.8 Å². The van der Waals surface area contributed by atoms with E-state index in [4.69, 9.17) is 4.74 Å². The summed E-state index contributed by atoms with van der Waals surface area (Å²) in [5, 5.41) is 3.47. The van der Waals surface area contributed by atoms with Gasteiger partial charge < -0.3 is 15.0 Å². The van der Waals surface area contributed by atoms with E-state index in [-0.39, 0.29) is 11.2 Å². The van der Waals surface area contributed by atoms with Crippen molar-refractivity contribution in [2.24, 2.45) is 11.8 Å². The molecule has 0 bridgehead atoms. The molecule has 1 fully saturated rings. The average Bonchev–Trinajstić information content (AvgIpc) is 2.29. The van der Waals surface area contributed by atoms with Crippen molar-refractivity contribution in [2.75, 3.05) is 27.2 Å². The third-order valence-electron chi connectivity index (χ3n) is 4.07. The van der Waals surface area contributed by atoms with Gasteiger partial charge in [-0.15, -0.1) is 0 Å². The smallest absolute Gasteiger partial charge is 0.0790 e. The standard InChI is InChI=1S/C15H32N2O/c1-11(2)9-17(8)10-12-13(16-7)15(5,6)18-14(12,3)4/h11-13,16H,9-10H2,1-8H3. The maximum absolute atomic E-state index is 6.27. The second kappa shape index (κ2) is 5.48. The van der Waals surface area contributed by atoms with Gasteiger partial charge in [0.05, 0.1) is 11.2 Å². The molecule has 0 aromatic rings. The number of rotatable bonds is 5. The lowest BCUT2D eigenvalue weighted by Gasteiger charge is -2.33. The summed E-state index contributed by atoms with van der Waals surface area (Å²) in [6, 6.07) is 0.405. The Morgan fingerprint density at radius 1 is 1.17 bits per heavy atom. The minimum absolute atomic E-state index is 0.0670. The van der Waals surface area contributed by atoms with Crippen LogP contribution in [0.4, 0.5) is 0 Å². The van der Waals surface area contributed by atoms with Crippen LogP contribution in [0.3, 0.4) is 0 Å². The van der Waals surface area contributed by atoms with Crippen LogP contribution in [0, 0.1) is 11.8 Å². The first kappa shape index (κ1) is 15.9. The Morgan fingerprint density at radius 2 is 1.72 bits per heavy atom. The molecule has 1 rings (SSSR count). The zero-order chi connectivity index (χ0) is 14.1. The Kier molecular flexibility index (Phi) is 4.85. The molecule has 0 aliphatic carbocycles. The summed E-state index contributed by atoms with van der Waals surface area (Å²) >= 11 is 0. The van der Waals surface area contributed by atoms with E-state index < -0.39 is 0 Å². The highest BCUT2D eigenvalue weighted by Crippen LogP contribution is 2.42. The van der Waals surface area contributed by atoms with Gasteiger partial charge in [-0.25, -0.2) is 0 Å². The molecule has 0 saturated carbocycles. The first-order chi connectivity index (χ1) is 8.10. The van der Waals surface area contributed by atoms with Crippen LogP contribution in [-0.4, -0.2) is 49.3 Å². The largest absolute Gasteiger partial charge is 0.368 e. The fourth-order valence-electron chi connectivity index (χ4n) is 3.61. The molecule has 3 nitrogen and oxygen atoms in total. The number of hydrogen-bond donors (Lipinski definition) is 1. The summed E-state index contributed by atoms with van der Waals surface area (Å²) in [5.74, 6) is 1.22. The highest BCUT2D eigenvalue weighted by molar-refractivity contribution is 5.05. The van der Waals surface area contributed by atoms with E-state index in [9.17, 15) is 0 Å². The van der Waals surface area contributed by atoms with Crippen LogP contribution in [0.2, 0.25) is 0 Å². The first-order valence-corrected chi connectivity index (χ1v) is 7.16. The third kappa shape index (κ3) is 3.46. The fraction of sp³-hybridized carbons (Fsp3) is 1.00. The molecule has 2 unspecified atom stereocenters. The number of ether oxygens (including phenoxy) is 1. The van der Waals surface area contributed by atoms with Crippen molar-refractivity contribution >= 4 is 0 Å². The predicted molar refractivity (Wildman–Crippen MR) is 77.9 cm³/mol. The first-order valence-electron chi connectivity index (χ1n) is 7.16. The van der Waals surface area contributed by atoms with E-state index in [0.29, 0.717) is 17.9 Å². The maximum atomic E-state index is 6.27. The highest BCUT2D eigenvalue weighted by atomic mass is 16.5. The predicted octanol–water partition coefficient (Wildman–Crippen LogP) is 2.37. The molecule has 18 heavy (non-hydrogen) atoms. The van der Waals surface area contributed by atoms with Crippen LogP contribution < -0.4 is 5.32 Å². The van der Waals surface area contributed by atoms with Gasteiger partial charge in [-0.1, -0.05) is 13.8 Å². The van der Waals surface area contributed by atoms with Crippen molar-refractivity contribution in [1.82, 2.24) is 10.2 Å². The summed E-state index contributed by atoms with van der Waals surface area (Å²) in [4.78, 5) is 2.44. The van der Waals surface area contributed by atoms with Gasteiger partial charge in [0.1, 0.15) is 0 Å². The van der Waals surface area contributed by atoms with E-state index in [0.717, 1.165) is 13.1 Å². The van der Waals surface area contributed by atoms with Crippen LogP contribution in [0.5, 0.6) is 0 Å². The van der Waals surface area contributed by atoms with Crippen LogP contribution in [0.25, 0.3) is 0 Å². The molecular formula is C15H32N2O. The van der Waals surface area contributed by atoms with Gasteiger partial charge in [-0.05, 0) is 47.7 Å². The number of likely N-dealkylation sites (N-methyl/N-ethyl adjacent to an activating group) is 1. The molecule has 0 aromatic carbocycles. The van der Waals surface area contributed by atoms with E-state index in [1.807, 2.05) is 7.05 Å². The SMILES string of the molecule is CNC1C(CN(C)CC(C)C)C(C)(C)OC1(C)C. The molecule has 0 spiro atoms. The quantitative estimate of drug-likeness (QED) is 0.817. The van der Waals surface area contributed by atoms with E-state index in [1.54, 1.807) is 0 Å². The summed E-state index contributed by atoms with van der Waals surface area (Å²) in [7, 11) is 4.26. The number of nitrogens with one attached hydrogen (secondary N) is 1. The highest BCUT2D eigenvalue weighted by Gasteiger charge is 2.53. The van der Waals surface area contributed by atoms with Crippen molar-refractivity contribution in [3.05, 3.63) is 0 Å². The monoisotopic (exact) mass is 256 g/mol. The Hall–Kier alpha value is -0.120. The molecule has 2 atom stereocenters. The zero-order valence-corrected chi connectivity index (χ0v) is 13.5. The fourth-order valence-corrected chi connectivity index (χ4v) is 3.61. The van der Waals surface area contributed by atoms with Crippen molar-refractivity contribution in [3.8, 4) is 0 Å². The molecule has 1 saturated heterocycles. The minimum atomic E-state index is -0.0956. The van der Waals surface area contributed by atoms with Gasteiger partial charge >= 0.3 is 0 Å². The molecule has 0 aromatic heterocycles. The van der Waals surface area contributed by atoms with Crippen LogP contribution in [0.15, 0.2) is 0 Å². The lowest BCUT2D eigenvalue weighted by atomic mass is 9.82. The van der Waals surface area contributed by atoms with E-state index in [2.05, 4.69) is 58.8 Å². The minimum Gasteiger partial charge on any atom is -0.368 e. The van der Waals surface area contributed by atoms with E-state index in [1.165, 1.54) is 0 Å². The molecule has 1 N–H and O–H groups in total. The number of nitrogens with zero attached hydrogens (tertiary/aromatic N) is 1. The van der Waals surface area contributed by atoms with Gasteiger partial charge in [0.25, 0.3) is 0 Å². The van der Waals surface area contributed by atoms with E-state index >= 15 is 0 Å². The second-order valence-electron chi connectivity index (χ2n) is 7.30. The Labute approximate surface area is 113 Å². The van der Waals surface area contributed by atoms with Gasteiger partial charge in [0, 0.05) is 25.0 Å². The maximum Gasteiger partial charge on any atom is 0.0790 e. The van der Waals surface area contributed by atoms with Gasteiger partial charge in [-0.3, -0.25) is 0 Å². The summed E-state index contributed by atoms with van der Waals surface area (Å²) in [6.45, 7) is 15.6. The van der Waals surface area contributed by atoms with Crippen molar-refractivity contribution in [3.63, 3.8) is 0 Å². The Morgan fingerprint density at radius 3 is 2.17 bits per heavy atom. The lowest BCUT2D eigenvalue weighted by molar-refractivity contribution is -0.0791. The molecule has 108 valence electrons. The van der Waals surface area contributed by atoms with Gasteiger partial charge in [0.15, 0.2) is 0 Å². The molecule has 0 radical (unpaired) electrons. The topological polar surface area (TPSA) is 24.5 Å².